The molecule has 1 aliphatic rings. The predicted octanol–water partition coefficient (Wildman–Crippen LogP) is 4.42. The summed E-state index contributed by atoms with van der Waals surface area (Å²) in [7, 11) is 4.65. The number of aryl methyl sites for hydroxylation is 1. The zero-order chi connectivity index (χ0) is 23.5. The summed E-state index contributed by atoms with van der Waals surface area (Å²) in [6.45, 7) is 1.96. The molecule has 0 saturated heterocycles. The molecule has 1 heterocycles. The summed E-state index contributed by atoms with van der Waals surface area (Å²) in [6, 6.07) is 19.5. The lowest BCUT2D eigenvalue weighted by Gasteiger charge is -2.16. The van der Waals surface area contributed by atoms with Crippen molar-refractivity contribution in [2.75, 3.05) is 31.5 Å². The number of methoxy groups -OCH3 is 3. The predicted molar refractivity (Wildman–Crippen MR) is 127 cm³/mol. The molecule has 7 heteroatoms. The van der Waals surface area contributed by atoms with Crippen molar-refractivity contribution in [3.8, 4) is 17.2 Å². The minimum absolute atomic E-state index is 0.187. The first-order valence-corrected chi connectivity index (χ1v) is 10.3. The highest BCUT2D eigenvalue weighted by Crippen LogP contribution is 2.36. The van der Waals surface area contributed by atoms with Crippen LogP contribution in [0.4, 0.5) is 11.4 Å². The van der Waals surface area contributed by atoms with E-state index < -0.39 is 11.8 Å². The minimum atomic E-state index is -0.449. The lowest BCUT2D eigenvalue weighted by atomic mass is 10.0. The summed E-state index contributed by atoms with van der Waals surface area (Å²) < 4.78 is 15.9. The van der Waals surface area contributed by atoms with Crippen LogP contribution in [0.2, 0.25) is 0 Å². The van der Waals surface area contributed by atoms with E-state index in [0.29, 0.717) is 39.8 Å². The molecule has 0 spiro atoms. The minimum Gasteiger partial charge on any atom is -0.497 e. The van der Waals surface area contributed by atoms with Gasteiger partial charge in [0, 0.05) is 11.8 Å². The number of carbonyl (C=O) groups is 2. The second kappa shape index (κ2) is 9.08. The van der Waals surface area contributed by atoms with Gasteiger partial charge in [-0.25, -0.2) is 4.90 Å². The maximum Gasteiger partial charge on any atom is 0.282 e. The molecule has 0 aliphatic carbocycles. The van der Waals surface area contributed by atoms with Crippen LogP contribution in [0.15, 0.2) is 72.4 Å². The van der Waals surface area contributed by atoms with Crippen molar-refractivity contribution >= 4 is 28.8 Å². The van der Waals surface area contributed by atoms with Crippen LogP contribution in [0.25, 0.3) is 5.57 Å². The van der Waals surface area contributed by atoms with Crippen molar-refractivity contribution in [1.29, 1.82) is 0 Å². The third-order valence-corrected chi connectivity index (χ3v) is 5.41. The summed E-state index contributed by atoms with van der Waals surface area (Å²) in [6.07, 6.45) is 0. The van der Waals surface area contributed by atoms with Crippen LogP contribution >= 0.6 is 0 Å². The number of amides is 2. The van der Waals surface area contributed by atoms with Crippen molar-refractivity contribution in [3.63, 3.8) is 0 Å². The summed E-state index contributed by atoms with van der Waals surface area (Å²) >= 11 is 0. The van der Waals surface area contributed by atoms with Gasteiger partial charge in [-0.15, -0.1) is 0 Å². The molecule has 33 heavy (non-hydrogen) atoms. The number of benzene rings is 3. The number of imide groups is 1. The van der Waals surface area contributed by atoms with Crippen LogP contribution in [-0.4, -0.2) is 33.1 Å². The van der Waals surface area contributed by atoms with Gasteiger partial charge >= 0.3 is 0 Å². The standard InChI is InChI=1S/C26H24N2O5/c1-16-5-7-17(8-6-16)23-24(27-18-9-14-21(32-3)22(15-18)33-4)26(30)28(25(23)29)19-10-12-20(31-2)13-11-19/h5-15,27H,1-4H3. The van der Waals surface area contributed by atoms with Crippen LogP contribution in [-0.2, 0) is 9.59 Å². The molecular weight excluding hydrogens is 420 g/mol. The average molecular weight is 444 g/mol. The van der Waals surface area contributed by atoms with E-state index in [-0.39, 0.29) is 5.70 Å². The zero-order valence-electron chi connectivity index (χ0n) is 18.8. The van der Waals surface area contributed by atoms with Gasteiger partial charge in [0.15, 0.2) is 11.5 Å². The number of carbonyl (C=O) groups excluding carboxylic acids is 2. The van der Waals surface area contributed by atoms with Crippen LogP contribution in [0.5, 0.6) is 17.2 Å². The van der Waals surface area contributed by atoms with E-state index in [2.05, 4.69) is 5.32 Å². The van der Waals surface area contributed by atoms with Crippen molar-refractivity contribution < 1.29 is 23.8 Å². The quantitative estimate of drug-likeness (QED) is 0.544. The van der Waals surface area contributed by atoms with Crippen molar-refractivity contribution in [3.05, 3.63) is 83.6 Å². The Labute approximate surface area is 192 Å². The molecular formula is C26H24N2O5. The number of ether oxygens (including phenoxy) is 3. The van der Waals surface area contributed by atoms with Gasteiger partial charge in [-0.1, -0.05) is 29.8 Å². The summed E-state index contributed by atoms with van der Waals surface area (Å²) in [5.41, 5.74) is 3.23. The number of rotatable bonds is 7. The topological polar surface area (TPSA) is 77.1 Å². The molecule has 2 amide bonds. The third-order valence-electron chi connectivity index (χ3n) is 5.41. The molecule has 3 aromatic carbocycles. The molecule has 1 aliphatic heterocycles. The SMILES string of the molecule is COc1ccc(N2C(=O)C(Nc3ccc(OC)c(OC)c3)=C(c3ccc(C)cc3)C2=O)cc1. The van der Waals surface area contributed by atoms with E-state index in [9.17, 15) is 9.59 Å². The highest BCUT2D eigenvalue weighted by molar-refractivity contribution is 6.46. The van der Waals surface area contributed by atoms with Gasteiger partial charge < -0.3 is 19.5 Å². The highest BCUT2D eigenvalue weighted by Gasteiger charge is 2.40. The molecule has 0 radical (unpaired) electrons. The maximum absolute atomic E-state index is 13.5. The lowest BCUT2D eigenvalue weighted by Crippen LogP contribution is -2.32. The number of anilines is 2. The Kier molecular flexibility index (Phi) is 6.04. The first-order valence-electron chi connectivity index (χ1n) is 10.3. The summed E-state index contributed by atoms with van der Waals surface area (Å²) in [4.78, 5) is 28.2. The maximum atomic E-state index is 13.5. The number of nitrogens with one attached hydrogen (secondary N) is 1. The Morgan fingerprint density at radius 1 is 0.727 bits per heavy atom. The lowest BCUT2D eigenvalue weighted by molar-refractivity contribution is -0.120. The van der Waals surface area contributed by atoms with Crippen LogP contribution in [0, 0.1) is 6.92 Å². The van der Waals surface area contributed by atoms with E-state index in [0.717, 1.165) is 10.5 Å². The molecule has 0 fully saturated rings. The van der Waals surface area contributed by atoms with Crippen molar-refractivity contribution in [2.45, 2.75) is 6.92 Å². The van der Waals surface area contributed by atoms with Gasteiger partial charge in [0.25, 0.3) is 11.8 Å². The van der Waals surface area contributed by atoms with Crippen molar-refractivity contribution in [2.24, 2.45) is 0 Å². The van der Waals surface area contributed by atoms with Gasteiger partial charge in [-0.05, 0) is 48.9 Å². The third kappa shape index (κ3) is 4.13. The zero-order valence-corrected chi connectivity index (χ0v) is 18.8. The van der Waals surface area contributed by atoms with Crippen LogP contribution in [0.3, 0.4) is 0 Å². The van der Waals surface area contributed by atoms with Gasteiger partial charge in [0.05, 0.1) is 32.6 Å². The number of nitrogens with zero attached hydrogens (tertiary/aromatic N) is 1. The summed E-state index contributed by atoms with van der Waals surface area (Å²) in [5.74, 6) is 0.842. The summed E-state index contributed by atoms with van der Waals surface area (Å²) in [5, 5.41) is 3.14. The van der Waals surface area contributed by atoms with Gasteiger partial charge in [-0.3, -0.25) is 9.59 Å². The molecule has 0 aromatic heterocycles. The van der Waals surface area contributed by atoms with Gasteiger partial charge in [0.1, 0.15) is 11.4 Å². The van der Waals surface area contributed by atoms with E-state index in [1.807, 2.05) is 31.2 Å². The Balaban J connectivity index is 1.79. The molecule has 0 atom stereocenters. The van der Waals surface area contributed by atoms with Crippen LogP contribution in [0.1, 0.15) is 11.1 Å². The van der Waals surface area contributed by atoms with E-state index in [4.69, 9.17) is 14.2 Å². The molecule has 1 N–H and O–H groups in total. The Morgan fingerprint density at radius 2 is 1.39 bits per heavy atom. The average Bonchev–Trinajstić information content (AvgIpc) is 3.08. The molecule has 0 saturated carbocycles. The number of hydrogen-bond acceptors (Lipinski definition) is 6. The highest BCUT2D eigenvalue weighted by atomic mass is 16.5. The molecule has 7 nitrogen and oxygen atoms in total. The Hall–Kier alpha value is -4.26. The fourth-order valence-corrected chi connectivity index (χ4v) is 3.66. The molecule has 0 unspecified atom stereocenters. The van der Waals surface area contributed by atoms with Crippen molar-refractivity contribution in [1.82, 2.24) is 0 Å². The second-order valence-electron chi connectivity index (χ2n) is 7.45. The fraction of sp³-hybridized carbons (Fsp3) is 0.154. The normalized spacial score (nSPS) is 13.4. The van der Waals surface area contributed by atoms with E-state index in [1.165, 1.54) is 7.11 Å². The second-order valence-corrected chi connectivity index (χ2v) is 7.45. The molecule has 0 bridgehead atoms. The first kappa shape index (κ1) is 22.0. The Morgan fingerprint density at radius 3 is 2.00 bits per heavy atom. The largest absolute Gasteiger partial charge is 0.497 e. The molecule has 3 aromatic rings. The van der Waals surface area contributed by atoms with Crippen LogP contribution < -0.4 is 24.4 Å². The first-order chi connectivity index (χ1) is 16.0. The van der Waals surface area contributed by atoms with E-state index >= 15 is 0 Å². The van der Waals surface area contributed by atoms with E-state index in [1.54, 1.807) is 56.7 Å². The fourth-order valence-electron chi connectivity index (χ4n) is 3.66. The Bertz CT molecular complexity index is 1230. The monoisotopic (exact) mass is 444 g/mol. The number of hydrogen-bond donors (Lipinski definition) is 1. The van der Waals surface area contributed by atoms with Gasteiger partial charge in [-0.2, -0.15) is 0 Å². The molecule has 168 valence electrons. The molecule has 4 rings (SSSR count). The van der Waals surface area contributed by atoms with Gasteiger partial charge in [0.2, 0.25) is 0 Å². The smallest absolute Gasteiger partial charge is 0.282 e.